The summed E-state index contributed by atoms with van der Waals surface area (Å²) in [4.78, 5) is 26.7. The molecule has 0 radical (unpaired) electrons. The largest absolute Gasteiger partial charge is 0.507 e. The van der Waals surface area contributed by atoms with Crippen LogP contribution in [0.15, 0.2) is 60.2 Å². The molecular formula is C21H20FNO3. The van der Waals surface area contributed by atoms with E-state index in [9.17, 15) is 19.1 Å². The average molecular weight is 353 g/mol. The van der Waals surface area contributed by atoms with Gasteiger partial charge in [-0.05, 0) is 24.1 Å². The number of aliphatic hydroxyl groups excluding tert-OH is 1. The Morgan fingerprint density at radius 1 is 1.08 bits per heavy atom. The lowest BCUT2D eigenvalue weighted by molar-refractivity contribution is -0.139. The van der Waals surface area contributed by atoms with Gasteiger partial charge in [-0.2, -0.15) is 0 Å². The van der Waals surface area contributed by atoms with Crippen LogP contribution in [-0.2, 0) is 9.59 Å². The van der Waals surface area contributed by atoms with Crippen LogP contribution in [0, 0.1) is 5.82 Å². The first kappa shape index (κ1) is 17.9. The van der Waals surface area contributed by atoms with Gasteiger partial charge in [-0.15, -0.1) is 0 Å². The molecular weight excluding hydrogens is 333 g/mol. The zero-order valence-electron chi connectivity index (χ0n) is 14.5. The molecule has 1 atom stereocenters. The van der Waals surface area contributed by atoms with E-state index in [2.05, 4.69) is 0 Å². The number of benzene rings is 2. The summed E-state index contributed by atoms with van der Waals surface area (Å²) in [6.07, 6.45) is 1.59. The van der Waals surface area contributed by atoms with Crippen LogP contribution in [0.3, 0.4) is 0 Å². The highest BCUT2D eigenvalue weighted by molar-refractivity contribution is 6.46. The van der Waals surface area contributed by atoms with E-state index in [-0.39, 0.29) is 11.3 Å². The normalized spacial score (nSPS) is 19.2. The molecule has 0 bridgehead atoms. The molecule has 0 spiro atoms. The van der Waals surface area contributed by atoms with Gasteiger partial charge >= 0.3 is 0 Å². The fraction of sp³-hybridized carbons (Fsp3) is 0.238. The van der Waals surface area contributed by atoms with Crippen LogP contribution in [0.4, 0.5) is 4.39 Å². The summed E-state index contributed by atoms with van der Waals surface area (Å²) in [5.41, 5.74) is 1.11. The van der Waals surface area contributed by atoms with Crippen molar-refractivity contribution >= 4 is 17.4 Å². The second-order valence-corrected chi connectivity index (χ2v) is 6.26. The number of hydrogen-bond acceptors (Lipinski definition) is 3. The summed E-state index contributed by atoms with van der Waals surface area (Å²) in [5.74, 6) is -1.96. The van der Waals surface area contributed by atoms with E-state index in [1.54, 1.807) is 42.5 Å². The fourth-order valence-electron chi connectivity index (χ4n) is 3.18. The molecule has 4 nitrogen and oxygen atoms in total. The van der Waals surface area contributed by atoms with Crippen LogP contribution in [0.1, 0.15) is 36.9 Å². The Balaban J connectivity index is 2.15. The Bertz CT molecular complexity index is 843. The minimum atomic E-state index is -0.720. The highest BCUT2D eigenvalue weighted by Gasteiger charge is 2.45. The predicted octanol–water partition coefficient (Wildman–Crippen LogP) is 4.05. The summed E-state index contributed by atoms with van der Waals surface area (Å²) in [6.45, 7) is 2.39. The van der Waals surface area contributed by atoms with Crippen molar-refractivity contribution < 1.29 is 19.1 Å². The summed E-state index contributed by atoms with van der Waals surface area (Å²) >= 11 is 0. The maximum atomic E-state index is 13.3. The van der Waals surface area contributed by atoms with Gasteiger partial charge in [0.1, 0.15) is 11.6 Å². The van der Waals surface area contributed by atoms with Crippen molar-refractivity contribution in [3.8, 4) is 0 Å². The Hall–Kier alpha value is -2.95. The van der Waals surface area contributed by atoms with E-state index >= 15 is 0 Å². The zero-order chi connectivity index (χ0) is 18.7. The quantitative estimate of drug-likeness (QED) is 0.501. The molecule has 1 aliphatic heterocycles. The van der Waals surface area contributed by atoms with Crippen LogP contribution < -0.4 is 0 Å². The number of hydrogen-bond donors (Lipinski definition) is 1. The van der Waals surface area contributed by atoms with Crippen molar-refractivity contribution in [2.24, 2.45) is 0 Å². The molecule has 0 saturated carbocycles. The number of halogens is 1. The number of amides is 1. The number of carbonyl (C=O) groups excluding carboxylic acids is 2. The number of likely N-dealkylation sites (tertiary alicyclic amines) is 1. The first-order chi connectivity index (χ1) is 12.5. The van der Waals surface area contributed by atoms with Gasteiger partial charge in [0.2, 0.25) is 0 Å². The molecule has 0 aromatic heterocycles. The zero-order valence-corrected chi connectivity index (χ0v) is 14.5. The molecule has 0 unspecified atom stereocenters. The van der Waals surface area contributed by atoms with Gasteiger partial charge in [0, 0.05) is 12.1 Å². The third kappa shape index (κ3) is 3.25. The van der Waals surface area contributed by atoms with Crippen LogP contribution in [-0.4, -0.2) is 28.2 Å². The Morgan fingerprint density at radius 3 is 2.35 bits per heavy atom. The van der Waals surface area contributed by atoms with Gasteiger partial charge in [0.05, 0.1) is 11.6 Å². The van der Waals surface area contributed by atoms with Crippen LogP contribution in [0.25, 0.3) is 5.76 Å². The molecule has 134 valence electrons. The van der Waals surface area contributed by atoms with E-state index in [0.717, 1.165) is 12.8 Å². The van der Waals surface area contributed by atoms with Crippen molar-refractivity contribution in [3.63, 3.8) is 0 Å². The summed E-state index contributed by atoms with van der Waals surface area (Å²) in [6, 6.07) is 13.6. The highest BCUT2D eigenvalue weighted by Crippen LogP contribution is 2.39. The summed E-state index contributed by atoms with van der Waals surface area (Å²) in [7, 11) is 0. The van der Waals surface area contributed by atoms with E-state index in [4.69, 9.17) is 0 Å². The monoisotopic (exact) mass is 353 g/mol. The number of rotatable bonds is 5. The lowest BCUT2D eigenvalue weighted by Crippen LogP contribution is -2.30. The average Bonchev–Trinajstić information content (AvgIpc) is 2.91. The Labute approximate surface area is 151 Å². The highest BCUT2D eigenvalue weighted by atomic mass is 19.1. The third-order valence-electron chi connectivity index (χ3n) is 4.53. The standard InChI is InChI=1S/C21H20FNO3/c1-2-3-13-23-18(14-9-11-16(22)12-10-14)17(20(25)21(23)26)19(24)15-7-5-4-6-8-15/h4-12,18,24H,2-3,13H2,1H3/b19-17+/t18-/m1/s1. The molecule has 1 saturated heterocycles. The third-order valence-corrected chi connectivity index (χ3v) is 4.53. The molecule has 0 aliphatic carbocycles. The lowest BCUT2D eigenvalue weighted by Gasteiger charge is -2.25. The van der Waals surface area contributed by atoms with Crippen molar-refractivity contribution in [2.45, 2.75) is 25.8 Å². The molecule has 3 rings (SSSR count). The number of Topliss-reactive ketones (excluding diaryl/α,β-unsaturated/α-hetero) is 1. The summed E-state index contributed by atoms with van der Waals surface area (Å²) < 4.78 is 13.3. The first-order valence-electron chi connectivity index (χ1n) is 8.64. The number of ketones is 1. The minimum absolute atomic E-state index is 0.0453. The van der Waals surface area contributed by atoms with Crippen molar-refractivity contribution in [1.29, 1.82) is 0 Å². The van der Waals surface area contributed by atoms with Crippen LogP contribution in [0.5, 0.6) is 0 Å². The first-order valence-corrected chi connectivity index (χ1v) is 8.64. The smallest absolute Gasteiger partial charge is 0.295 e. The van der Waals surface area contributed by atoms with E-state index in [1.165, 1.54) is 17.0 Å². The van der Waals surface area contributed by atoms with Crippen molar-refractivity contribution in [1.82, 2.24) is 4.90 Å². The second kappa shape index (κ2) is 7.52. The maximum Gasteiger partial charge on any atom is 0.295 e. The Kier molecular flexibility index (Phi) is 5.16. The maximum absolute atomic E-state index is 13.3. The van der Waals surface area contributed by atoms with Gasteiger partial charge in [-0.1, -0.05) is 55.8 Å². The minimum Gasteiger partial charge on any atom is -0.507 e. The number of carbonyl (C=O) groups is 2. The number of nitrogens with zero attached hydrogens (tertiary/aromatic N) is 1. The Morgan fingerprint density at radius 2 is 1.73 bits per heavy atom. The summed E-state index contributed by atoms with van der Waals surface area (Å²) in [5, 5.41) is 10.7. The van der Waals surface area contributed by atoms with E-state index in [0.29, 0.717) is 17.7 Å². The van der Waals surface area contributed by atoms with Gasteiger partial charge in [-0.3, -0.25) is 9.59 Å². The van der Waals surface area contributed by atoms with Gasteiger partial charge in [-0.25, -0.2) is 4.39 Å². The van der Waals surface area contributed by atoms with Crippen LogP contribution >= 0.6 is 0 Å². The molecule has 26 heavy (non-hydrogen) atoms. The molecule has 1 fully saturated rings. The van der Waals surface area contributed by atoms with Gasteiger partial charge in [0.25, 0.3) is 11.7 Å². The van der Waals surface area contributed by atoms with Gasteiger partial charge < -0.3 is 10.0 Å². The number of aliphatic hydroxyl groups is 1. The molecule has 1 aliphatic rings. The van der Waals surface area contributed by atoms with E-state index in [1.807, 2.05) is 6.92 Å². The van der Waals surface area contributed by atoms with Crippen LogP contribution in [0.2, 0.25) is 0 Å². The number of unbranched alkanes of at least 4 members (excludes halogenated alkanes) is 1. The van der Waals surface area contributed by atoms with Crippen molar-refractivity contribution in [2.75, 3.05) is 6.54 Å². The fourth-order valence-corrected chi connectivity index (χ4v) is 3.18. The van der Waals surface area contributed by atoms with Gasteiger partial charge in [0.15, 0.2) is 0 Å². The predicted molar refractivity (Wildman–Crippen MR) is 96.8 cm³/mol. The lowest BCUT2D eigenvalue weighted by atomic mass is 9.95. The molecule has 1 N–H and O–H groups in total. The topological polar surface area (TPSA) is 57.6 Å². The molecule has 1 amide bonds. The molecule has 1 heterocycles. The molecule has 2 aromatic carbocycles. The van der Waals surface area contributed by atoms with E-state index < -0.39 is 23.5 Å². The second-order valence-electron chi connectivity index (χ2n) is 6.26. The molecule has 5 heteroatoms. The SMILES string of the molecule is CCCCN1C(=O)C(=O)/C(=C(/O)c2ccccc2)[C@H]1c1ccc(F)cc1. The molecule has 2 aromatic rings. The van der Waals surface area contributed by atoms with Crippen molar-refractivity contribution in [3.05, 3.63) is 77.1 Å².